The average molecular weight is 323 g/mol. The van der Waals surface area contributed by atoms with Gasteiger partial charge in [0.15, 0.2) is 9.84 Å². The molecule has 1 aliphatic rings. The average Bonchev–Trinajstić information content (AvgIpc) is 2.82. The van der Waals surface area contributed by atoms with Crippen molar-refractivity contribution >= 4 is 15.7 Å². The van der Waals surface area contributed by atoms with Crippen LogP contribution in [0.3, 0.4) is 0 Å². The SMILES string of the molecule is Cc1ccccc1CCC(=O)NCCCC1CCS(=O)(=O)C1. The summed E-state index contributed by atoms with van der Waals surface area (Å²) in [6, 6.07) is 8.12. The monoisotopic (exact) mass is 323 g/mol. The minimum Gasteiger partial charge on any atom is -0.356 e. The molecule has 1 aromatic carbocycles. The Balaban J connectivity index is 1.59. The number of carbonyl (C=O) groups is 1. The Bertz CT molecular complexity index is 610. The summed E-state index contributed by atoms with van der Waals surface area (Å²) in [5.74, 6) is 1.02. The molecule has 1 saturated heterocycles. The Morgan fingerprint density at radius 1 is 1.32 bits per heavy atom. The quantitative estimate of drug-likeness (QED) is 0.783. The van der Waals surface area contributed by atoms with Crippen molar-refractivity contribution in [3.63, 3.8) is 0 Å². The van der Waals surface area contributed by atoms with Gasteiger partial charge in [0.2, 0.25) is 5.91 Å². The summed E-state index contributed by atoms with van der Waals surface area (Å²) in [4.78, 5) is 11.8. The van der Waals surface area contributed by atoms with Crippen molar-refractivity contribution in [2.45, 2.75) is 39.0 Å². The minimum absolute atomic E-state index is 0.0716. The maximum atomic E-state index is 11.8. The molecule has 0 radical (unpaired) electrons. The van der Waals surface area contributed by atoms with E-state index in [4.69, 9.17) is 0 Å². The minimum atomic E-state index is -2.78. The highest BCUT2D eigenvalue weighted by molar-refractivity contribution is 7.91. The zero-order chi connectivity index (χ0) is 16.0. The maximum absolute atomic E-state index is 11.8. The fourth-order valence-electron chi connectivity index (χ4n) is 2.95. The molecule has 0 spiro atoms. The van der Waals surface area contributed by atoms with Crippen LogP contribution < -0.4 is 5.32 Å². The van der Waals surface area contributed by atoms with Gasteiger partial charge in [-0.05, 0) is 49.7 Å². The van der Waals surface area contributed by atoms with Gasteiger partial charge in [0.25, 0.3) is 0 Å². The largest absolute Gasteiger partial charge is 0.356 e. The molecule has 22 heavy (non-hydrogen) atoms. The third kappa shape index (κ3) is 5.44. The maximum Gasteiger partial charge on any atom is 0.220 e. The first-order chi connectivity index (χ1) is 10.5. The Morgan fingerprint density at radius 2 is 2.09 bits per heavy atom. The first-order valence-corrected chi connectivity index (χ1v) is 9.80. The van der Waals surface area contributed by atoms with Crippen molar-refractivity contribution in [1.82, 2.24) is 5.32 Å². The lowest BCUT2D eigenvalue weighted by molar-refractivity contribution is -0.121. The van der Waals surface area contributed by atoms with Gasteiger partial charge < -0.3 is 5.32 Å². The van der Waals surface area contributed by atoms with Gasteiger partial charge in [-0.1, -0.05) is 24.3 Å². The molecule has 1 amide bonds. The summed E-state index contributed by atoms with van der Waals surface area (Å²) >= 11 is 0. The molecular formula is C17H25NO3S. The van der Waals surface area contributed by atoms with Gasteiger partial charge in [-0.15, -0.1) is 0 Å². The first-order valence-electron chi connectivity index (χ1n) is 7.98. The van der Waals surface area contributed by atoms with E-state index in [0.717, 1.165) is 25.7 Å². The second-order valence-electron chi connectivity index (χ2n) is 6.19. The molecule has 1 atom stereocenters. The highest BCUT2D eigenvalue weighted by atomic mass is 32.2. The van der Waals surface area contributed by atoms with Gasteiger partial charge in [0.05, 0.1) is 11.5 Å². The molecule has 5 heteroatoms. The van der Waals surface area contributed by atoms with E-state index in [2.05, 4.69) is 24.4 Å². The zero-order valence-electron chi connectivity index (χ0n) is 13.2. The van der Waals surface area contributed by atoms with E-state index in [1.165, 1.54) is 11.1 Å². The number of amides is 1. The van der Waals surface area contributed by atoms with Crippen LogP contribution in [0.25, 0.3) is 0 Å². The van der Waals surface area contributed by atoms with E-state index < -0.39 is 9.84 Å². The predicted octanol–water partition coefficient (Wildman–Crippen LogP) is 2.26. The molecule has 1 N–H and O–H groups in total. The molecule has 1 fully saturated rings. The fourth-order valence-corrected chi connectivity index (χ4v) is 4.86. The van der Waals surface area contributed by atoms with E-state index in [9.17, 15) is 13.2 Å². The number of aryl methyl sites for hydroxylation is 2. The first kappa shape index (κ1) is 17.0. The lowest BCUT2D eigenvalue weighted by Crippen LogP contribution is -2.25. The number of sulfone groups is 1. The Morgan fingerprint density at radius 3 is 2.77 bits per heavy atom. The second kappa shape index (κ2) is 7.77. The van der Waals surface area contributed by atoms with Crippen molar-refractivity contribution < 1.29 is 13.2 Å². The van der Waals surface area contributed by atoms with Crippen molar-refractivity contribution in [3.05, 3.63) is 35.4 Å². The van der Waals surface area contributed by atoms with Gasteiger partial charge in [0.1, 0.15) is 0 Å². The third-order valence-corrected chi connectivity index (χ3v) is 6.16. The molecule has 1 unspecified atom stereocenters. The summed E-state index contributed by atoms with van der Waals surface area (Å²) < 4.78 is 22.7. The standard InChI is InChI=1S/C17H25NO3S/c1-14-5-2-3-7-16(14)8-9-17(19)18-11-4-6-15-10-12-22(20,21)13-15/h2-3,5,7,15H,4,6,8-13H2,1H3,(H,18,19). The number of nitrogens with one attached hydrogen (secondary N) is 1. The van der Waals surface area contributed by atoms with Crippen LogP contribution in [0.5, 0.6) is 0 Å². The van der Waals surface area contributed by atoms with Crippen LogP contribution in [0.2, 0.25) is 0 Å². The Hall–Kier alpha value is -1.36. The molecule has 4 nitrogen and oxygen atoms in total. The van der Waals surface area contributed by atoms with Gasteiger partial charge in [-0.3, -0.25) is 4.79 Å². The lowest BCUT2D eigenvalue weighted by atomic mass is 10.0. The van der Waals surface area contributed by atoms with Crippen molar-refractivity contribution in [1.29, 1.82) is 0 Å². The summed E-state index contributed by atoms with van der Waals surface area (Å²) in [6.45, 7) is 2.70. The van der Waals surface area contributed by atoms with Crippen molar-refractivity contribution in [3.8, 4) is 0 Å². The molecule has 0 bridgehead atoms. The van der Waals surface area contributed by atoms with Crippen LogP contribution in [0.1, 0.15) is 36.8 Å². The number of carbonyl (C=O) groups excluding carboxylic acids is 1. The van der Waals surface area contributed by atoms with E-state index in [1.54, 1.807) is 0 Å². The van der Waals surface area contributed by atoms with Crippen LogP contribution >= 0.6 is 0 Å². The summed E-state index contributed by atoms with van der Waals surface area (Å²) in [5, 5.41) is 2.93. The van der Waals surface area contributed by atoms with Gasteiger partial charge in [0, 0.05) is 13.0 Å². The Kier molecular flexibility index (Phi) is 6.00. The van der Waals surface area contributed by atoms with Gasteiger partial charge in [-0.25, -0.2) is 8.42 Å². The summed E-state index contributed by atoms with van der Waals surface area (Å²) in [6.07, 6.45) is 3.79. The Labute approximate surface area is 133 Å². The molecule has 2 rings (SSSR count). The predicted molar refractivity (Wildman–Crippen MR) is 88.5 cm³/mol. The second-order valence-corrected chi connectivity index (χ2v) is 8.42. The molecule has 1 aliphatic heterocycles. The molecule has 1 aromatic rings. The van der Waals surface area contributed by atoms with E-state index in [-0.39, 0.29) is 11.8 Å². The van der Waals surface area contributed by atoms with Gasteiger partial charge in [-0.2, -0.15) is 0 Å². The summed E-state index contributed by atoms with van der Waals surface area (Å²) in [7, 11) is -2.78. The molecule has 0 saturated carbocycles. The molecular weight excluding hydrogens is 298 g/mol. The highest BCUT2D eigenvalue weighted by Gasteiger charge is 2.27. The number of rotatable bonds is 7. The molecule has 0 aromatic heterocycles. The zero-order valence-corrected chi connectivity index (χ0v) is 14.0. The number of benzene rings is 1. The number of hydrogen-bond acceptors (Lipinski definition) is 3. The molecule has 122 valence electrons. The highest BCUT2D eigenvalue weighted by Crippen LogP contribution is 2.22. The topological polar surface area (TPSA) is 63.2 Å². The molecule has 1 heterocycles. The normalized spacial score (nSPS) is 20.0. The molecule has 0 aliphatic carbocycles. The van der Waals surface area contributed by atoms with Crippen molar-refractivity contribution in [2.24, 2.45) is 5.92 Å². The van der Waals surface area contributed by atoms with Crippen molar-refractivity contribution in [2.75, 3.05) is 18.1 Å². The number of hydrogen-bond donors (Lipinski definition) is 1. The van der Waals surface area contributed by atoms with Crippen LogP contribution in [0.4, 0.5) is 0 Å². The third-order valence-electron chi connectivity index (χ3n) is 4.32. The van der Waals surface area contributed by atoms with Crippen LogP contribution in [-0.2, 0) is 21.1 Å². The fraction of sp³-hybridized carbons (Fsp3) is 0.588. The van der Waals surface area contributed by atoms with E-state index >= 15 is 0 Å². The van der Waals surface area contributed by atoms with Crippen LogP contribution in [-0.4, -0.2) is 32.4 Å². The van der Waals surface area contributed by atoms with E-state index in [1.807, 2.05) is 12.1 Å². The van der Waals surface area contributed by atoms with Crippen LogP contribution in [0.15, 0.2) is 24.3 Å². The van der Waals surface area contributed by atoms with Gasteiger partial charge >= 0.3 is 0 Å². The van der Waals surface area contributed by atoms with E-state index in [0.29, 0.717) is 24.5 Å². The lowest BCUT2D eigenvalue weighted by Gasteiger charge is -2.09. The summed E-state index contributed by atoms with van der Waals surface area (Å²) in [5.41, 5.74) is 2.44. The smallest absolute Gasteiger partial charge is 0.220 e. The van der Waals surface area contributed by atoms with Crippen LogP contribution in [0, 0.1) is 12.8 Å².